The lowest BCUT2D eigenvalue weighted by Gasteiger charge is -2.18. The van der Waals surface area contributed by atoms with E-state index in [1.165, 1.54) is 5.56 Å². The van der Waals surface area contributed by atoms with Crippen molar-refractivity contribution in [3.63, 3.8) is 0 Å². The predicted molar refractivity (Wildman–Crippen MR) is 108 cm³/mol. The first-order valence-corrected chi connectivity index (χ1v) is 9.30. The van der Waals surface area contributed by atoms with Crippen LogP contribution in [-0.4, -0.2) is 13.0 Å². The summed E-state index contributed by atoms with van der Waals surface area (Å²) < 4.78 is 5.31. The quantitative estimate of drug-likeness (QED) is 0.639. The van der Waals surface area contributed by atoms with Crippen molar-refractivity contribution in [3.8, 4) is 5.75 Å². The molecule has 1 N–H and O–H groups in total. The van der Waals surface area contributed by atoms with E-state index in [1.807, 2.05) is 24.3 Å². The predicted octanol–water partition coefficient (Wildman–Crippen LogP) is 5.49. The summed E-state index contributed by atoms with van der Waals surface area (Å²) in [7, 11) is 1.63. The molecule has 0 fully saturated rings. The summed E-state index contributed by atoms with van der Waals surface area (Å²) >= 11 is 0. The highest BCUT2D eigenvalue weighted by molar-refractivity contribution is 5.92. The summed E-state index contributed by atoms with van der Waals surface area (Å²) in [5.41, 5.74) is 3.36. The van der Waals surface area contributed by atoms with E-state index in [1.54, 1.807) is 19.3 Å². The van der Waals surface area contributed by atoms with Crippen LogP contribution in [0.4, 0.5) is 0 Å². The Labute approximate surface area is 157 Å². The second kappa shape index (κ2) is 9.81. The van der Waals surface area contributed by atoms with Crippen molar-refractivity contribution in [1.29, 1.82) is 0 Å². The molecule has 2 rings (SSSR count). The van der Waals surface area contributed by atoms with E-state index in [9.17, 15) is 4.79 Å². The van der Waals surface area contributed by atoms with Gasteiger partial charge in [-0.25, -0.2) is 0 Å². The van der Waals surface area contributed by atoms with E-state index in [2.05, 4.69) is 50.4 Å². The van der Waals surface area contributed by atoms with Gasteiger partial charge in [0.1, 0.15) is 5.75 Å². The molecule has 26 heavy (non-hydrogen) atoms. The first-order valence-electron chi connectivity index (χ1n) is 9.30. The van der Waals surface area contributed by atoms with Gasteiger partial charge in [-0.2, -0.15) is 0 Å². The Hall–Kier alpha value is -2.55. The zero-order valence-electron chi connectivity index (χ0n) is 16.2. The Morgan fingerprint density at radius 1 is 1.04 bits per heavy atom. The molecule has 0 bridgehead atoms. The molecule has 1 amide bonds. The second-order valence-corrected chi connectivity index (χ2v) is 6.52. The van der Waals surface area contributed by atoms with Gasteiger partial charge in [0.15, 0.2) is 0 Å². The monoisotopic (exact) mass is 351 g/mol. The van der Waals surface area contributed by atoms with Crippen molar-refractivity contribution in [1.82, 2.24) is 5.32 Å². The van der Waals surface area contributed by atoms with E-state index >= 15 is 0 Å². The summed E-state index contributed by atoms with van der Waals surface area (Å²) in [5.74, 6) is 1.21. The largest absolute Gasteiger partial charge is 0.496 e. The highest BCUT2D eigenvalue weighted by Crippen LogP contribution is 2.23. The fourth-order valence-electron chi connectivity index (χ4n) is 2.90. The van der Waals surface area contributed by atoms with Crippen molar-refractivity contribution in [2.45, 2.75) is 45.6 Å². The molecule has 3 nitrogen and oxygen atoms in total. The van der Waals surface area contributed by atoms with Gasteiger partial charge in [-0.15, -0.1) is 0 Å². The van der Waals surface area contributed by atoms with Crippen LogP contribution in [0.2, 0.25) is 0 Å². The first kappa shape index (κ1) is 19.8. The van der Waals surface area contributed by atoms with Gasteiger partial charge in [0.2, 0.25) is 5.91 Å². The average Bonchev–Trinajstić information content (AvgIpc) is 2.70. The molecule has 0 aliphatic carbocycles. The van der Waals surface area contributed by atoms with Gasteiger partial charge in [-0.05, 0) is 42.0 Å². The summed E-state index contributed by atoms with van der Waals surface area (Å²) in [4.78, 5) is 12.3. The standard InChI is InChI=1S/C23H29NO2/c1-5-17(3)18-11-13-19(14-12-18)21(6-2)24-23(25)16-15-20-9-7-8-10-22(20)26-4/h7-17,21H,5-6H2,1-4H3,(H,24,25)/b16-15+/t17-,21+/m0/s1. The van der Waals surface area contributed by atoms with Gasteiger partial charge in [0.05, 0.1) is 13.2 Å². The molecule has 0 aromatic heterocycles. The van der Waals surface area contributed by atoms with E-state index in [4.69, 9.17) is 4.74 Å². The zero-order valence-corrected chi connectivity index (χ0v) is 16.2. The highest BCUT2D eigenvalue weighted by Gasteiger charge is 2.12. The second-order valence-electron chi connectivity index (χ2n) is 6.52. The molecule has 2 aromatic carbocycles. The molecular weight excluding hydrogens is 322 g/mol. The molecule has 0 radical (unpaired) electrons. The Kier molecular flexibility index (Phi) is 7.46. The third kappa shape index (κ3) is 5.22. The lowest BCUT2D eigenvalue weighted by Crippen LogP contribution is -2.26. The average molecular weight is 351 g/mol. The lowest BCUT2D eigenvalue weighted by atomic mass is 9.95. The SMILES string of the molecule is CC[C@H](C)c1ccc([C@@H](CC)NC(=O)/C=C/c2ccccc2OC)cc1. The number of hydrogen-bond acceptors (Lipinski definition) is 2. The Balaban J connectivity index is 2.05. The van der Waals surface area contributed by atoms with E-state index in [0.717, 1.165) is 29.7 Å². The van der Waals surface area contributed by atoms with Gasteiger partial charge in [0, 0.05) is 11.6 Å². The molecule has 2 aromatic rings. The van der Waals surface area contributed by atoms with Crippen molar-refractivity contribution >= 4 is 12.0 Å². The minimum atomic E-state index is -0.103. The van der Waals surface area contributed by atoms with Crippen LogP contribution in [0.25, 0.3) is 6.08 Å². The molecule has 0 unspecified atom stereocenters. The summed E-state index contributed by atoms with van der Waals surface area (Å²) in [5, 5.41) is 3.09. The topological polar surface area (TPSA) is 38.3 Å². The lowest BCUT2D eigenvalue weighted by molar-refractivity contribution is -0.117. The third-order valence-corrected chi connectivity index (χ3v) is 4.80. The smallest absolute Gasteiger partial charge is 0.244 e. The minimum Gasteiger partial charge on any atom is -0.496 e. The maximum absolute atomic E-state index is 12.3. The number of benzene rings is 2. The summed E-state index contributed by atoms with van der Waals surface area (Å²) in [6, 6.07) is 16.2. The molecule has 138 valence electrons. The van der Waals surface area contributed by atoms with E-state index in [0.29, 0.717) is 5.92 Å². The number of carbonyl (C=O) groups excluding carboxylic acids is 1. The van der Waals surface area contributed by atoms with Gasteiger partial charge in [0.25, 0.3) is 0 Å². The molecule has 3 heteroatoms. The number of hydrogen-bond donors (Lipinski definition) is 1. The van der Waals surface area contributed by atoms with E-state index in [-0.39, 0.29) is 11.9 Å². The van der Waals surface area contributed by atoms with Crippen LogP contribution in [0.3, 0.4) is 0 Å². The minimum absolute atomic E-state index is 0.0100. The van der Waals surface area contributed by atoms with Gasteiger partial charge >= 0.3 is 0 Å². The normalized spacial score (nSPS) is 13.4. The number of para-hydroxylation sites is 1. The Morgan fingerprint density at radius 3 is 2.31 bits per heavy atom. The van der Waals surface area contributed by atoms with Crippen molar-refractivity contribution in [2.75, 3.05) is 7.11 Å². The Bertz CT molecular complexity index is 734. The van der Waals surface area contributed by atoms with Crippen LogP contribution < -0.4 is 10.1 Å². The zero-order chi connectivity index (χ0) is 18.9. The molecule has 0 saturated heterocycles. The highest BCUT2D eigenvalue weighted by atomic mass is 16.5. The van der Waals surface area contributed by atoms with Crippen LogP contribution in [0.5, 0.6) is 5.75 Å². The molecular formula is C23H29NO2. The number of methoxy groups -OCH3 is 1. The van der Waals surface area contributed by atoms with Crippen molar-refractivity contribution < 1.29 is 9.53 Å². The van der Waals surface area contributed by atoms with Crippen LogP contribution in [0.15, 0.2) is 54.6 Å². The van der Waals surface area contributed by atoms with Gasteiger partial charge in [-0.3, -0.25) is 4.79 Å². The fourth-order valence-corrected chi connectivity index (χ4v) is 2.90. The molecule has 0 heterocycles. The molecule has 0 aliphatic rings. The van der Waals surface area contributed by atoms with E-state index < -0.39 is 0 Å². The van der Waals surface area contributed by atoms with Crippen LogP contribution in [-0.2, 0) is 4.79 Å². The van der Waals surface area contributed by atoms with Crippen LogP contribution in [0.1, 0.15) is 62.3 Å². The number of rotatable bonds is 8. The number of nitrogens with one attached hydrogen (secondary N) is 1. The van der Waals surface area contributed by atoms with Gasteiger partial charge < -0.3 is 10.1 Å². The third-order valence-electron chi connectivity index (χ3n) is 4.80. The van der Waals surface area contributed by atoms with Crippen LogP contribution in [0, 0.1) is 0 Å². The van der Waals surface area contributed by atoms with Crippen molar-refractivity contribution in [3.05, 3.63) is 71.3 Å². The maximum atomic E-state index is 12.3. The van der Waals surface area contributed by atoms with Gasteiger partial charge in [-0.1, -0.05) is 63.2 Å². The molecule has 0 aliphatic heterocycles. The fraction of sp³-hybridized carbons (Fsp3) is 0.348. The summed E-state index contributed by atoms with van der Waals surface area (Å²) in [6.45, 7) is 6.51. The molecule has 0 spiro atoms. The first-order chi connectivity index (χ1) is 12.6. The van der Waals surface area contributed by atoms with Crippen molar-refractivity contribution in [2.24, 2.45) is 0 Å². The molecule has 0 saturated carbocycles. The number of carbonyl (C=O) groups is 1. The molecule has 2 atom stereocenters. The Morgan fingerprint density at radius 2 is 1.69 bits per heavy atom. The van der Waals surface area contributed by atoms with Crippen LogP contribution >= 0.6 is 0 Å². The number of amides is 1. The maximum Gasteiger partial charge on any atom is 0.244 e. The number of ether oxygens (including phenoxy) is 1. The summed E-state index contributed by atoms with van der Waals surface area (Å²) in [6.07, 6.45) is 5.32.